The zero-order valence-corrected chi connectivity index (χ0v) is 9.93. The number of carbonyl (C=O) groups is 2. The number of hydrogen-bond acceptors (Lipinski definition) is 3. The SMILES string of the molecule is CCC(CC(=O)O)NC(=O)c1ccc(C)nc1. The minimum absolute atomic E-state index is 0.0679. The van der Waals surface area contributed by atoms with Crippen LogP contribution in [0.4, 0.5) is 0 Å². The minimum atomic E-state index is -0.917. The van der Waals surface area contributed by atoms with Gasteiger partial charge in [0, 0.05) is 17.9 Å². The van der Waals surface area contributed by atoms with Crippen molar-refractivity contribution in [3.05, 3.63) is 29.6 Å². The van der Waals surface area contributed by atoms with Crippen LogP contribution in [0, 0.1) is 6.92 Å². The Morgan fingerprint density at radius 1 is 1.47 bits per heavy atom. The number of nitrogens with zero attached hydrogens (tertiary/aromatic N) is 1. The van der Waals surface area contributed by atoms with Gasteiger partial charge in [-0.2, -0.15) is 0 Å². The fraction of sp³-hybridized carbons (Fsp3) is 0.417. The smallest absolute Gasteiger partial charge is 0.305 e. The maximum absolute atomic E-state index is 11.8. The van der Waals surface area contributed by atoms with Gasteiger partial charge in [-0.15, -0.1) is 0 Å². The first-order valence-electron chi connectivity index (χ1n) is 5.48. The Bertz CT molecular complexity index is 401. The Morgan fingerprint density at radius 3 is 2.65 bits per heavy atom. The highest BCUT2D eigenvalue weighted by atomic mass is 16.4. The van der Waals surface area contributed by atoms with Gasteiger partial charge in [0.15, 0.2) is 0 Å². The lowest BCUT2D eigenvalue weighted by atomic mass is 10.1. The van der Waals surface area contributed by atoms with Gasteiger partial charge < -0.3 is 10.4 Å². The monoisotopic (exact) mass is 236 g/mol. The van der Waals surface area contributed by atoms with Crippen molar-refractivity contribution in [2.24, 2.45) is 0 Å². The van der Waals surface area contributed by atoms with Crippen LogP contribution in [0.2, 0.25) is 0 Å². The molecule has 0 aromatic carbocycles. The largest absolute Gasteiger partial charge is 0.481 e. The van der Waals surface area contributed by atoms with Crippen molar-refractivity contribution in [2.45, 2.75) is 32.7 Å². The van der Waals surface area contributed by atoms with Gasteiger partial charge in [0.2, 0.25) is 0 Å². The molecule has 1 rings (SSSR count). The van der Waals surface area contributed by atoms with Crippen LogP contribution in [0.15, 0.2) is 18.3 Å². The second-order valence-corrected chi connectivity index (χ2v) is 3.86. The second-order valence-electron chi connectivity index (χ2n) is 3.86. The molecule has 0 saturated heterocycles. The topological polar surface area (TPSA) is 79.3 Å². The van der Waals surface area contributed by atoms with E-state index in [1.165, 1.54) is 6.20 Å². The third kappa shape index (κ3) is 4.22. The molecule has 1 amide bonds. The second kappa shape index (κ2) is 5.98. The zero-order chi connectivity index (χ0) is 12.8. The summed E-state index contributed by atoms with van der Waals surface area (Å²) in [6.07, 6.45) is 2.00. The van der Waals surface area contributed by atoms with E-state index in [2.05, 4.69) is 10.3 Å². The van der Waals surface area contributed by atoms with E-state index in [-0.39, 0.29) is 18.4 Å². The van der Waals surface area contributed by atoms with Crippen LogP contribution in [0.25, 0.3) is 0 Å². The number of amides is 1. The van der Waals surface area contributed by atoms with E-state index in [4.69, 9.17) is 5.11 Å². The van der Waals surface area contributed by atoms with E-state index in [0.717, 1.165) is 5.69 Å². The molecule has 0 fully saturated rings. The number of nitrogens with one attached hydrogen (secondary N) is 1. The summed E-state index contributed by atoms with van der Waals surface area (Å²) in [6, 6.07) is 3.07. The van der Waals surface area contributed by atoms with Gasteiger partial charge in [-0.3, -0.25) is 14.6 Å². The number of pyridine rings is 1. The molecule has 0 spiro atoms. The van der Waals surface area contributed by atoms with Gasteiger partial charge in [-0.25, -0.2) is 0 Å². The fourth-order valence-corrected chi connectivity index (χ4v) is 1.38. The first kappa shape index (κ1) is 13.2. The quantitative estimate of drug-likeness (QED) is 0.809. The van der Waals surface area contributed by atoms with Crippen LogP contribution in [0.5, 0.6) is 0 Å². The van der Waals surface area contributed by atoms with Gasteiger partial charge in [0.1, 0.15) is 0 Å². The molecule has 2 N–H and O–H groups in total. The van der Waals surface area contributed by atoms with Crippen LogP contribution < -0.4 is 5.32 Å². The minimum Gasteiger partial charge on any atom is -0.481 e. The summed E-state index contributed by atoms with van der Waals surface area (Å²) in [7, 11) is 0. The molecule has 0 radical (unpaired) electrons. The molecule has 5 nitrogen and oxygen atoms in total. The lowest BCUT2D eigenvalue weighted by molar-refractivity contribution is -0.137. The molecule has 1 unspecified atom stereocenters. The Balaban J connectivity index is 2.64. The number of carboxylic acid groups (broad SMARTS) is 1. The lowest BCUT2D eigenvalue weighted by Crippen LogP contribution is -2.36. The molecule has 0 bridgehead atoms. The maximum atomic E-state index is 11.8. The van der Waals surface area contributed by atoms with Crippen molar-refractivity contribution < 1.29 is 14.7 Å². The van der Waals surface area contributed by atoms with Crippen molar-refractivity contribution in [1.82, 2.24) is 10.3 Å². The Labute approximate surface area is 99.9 Å². The highest BCUT2D eigenvalue weighted by molar-refractivity contribution is 5.94. The van der Waals surface area contributed by atoms with E-state index in [1.54, 1.807) is 12.1 Å². The number of rotatable bonds is 5. The van der Waals surface area contributed by atoms with Crippen molar-refractivity contribution in [2.75, 3.05) is 0 Å². The highest BCUT2D eigenvalue weighted by Crippen LogP contribution is 2.03. The Kier molecular flexibility index (Phi) is 4.63. The van der Waals surface area contributed by atoms with Crippen LogP contribution in [0.1, 0.15) is 35.8 Å². The van der Waals surface area contributed by atoms with Crippen molar-refractivity contribution in [1.29, 1.82) is 0 Å². The van der Waals surface area contributed by atoms with Gasteiger partial charge >= 0.3 is 5.97 Å². The molecule has 17 heavy (non-hydrogen) atoms. The Hall–Kier alpha value is -1.91. The van der Waals surface area contributed by atoms with E-state index in [0.29, 0.717) is 12.0 Å². The molecule has 0 aliphatic heterocycles. The van der Waals surface area contributed by atoms with Crippen molar-refractivity contribution in [3.63, 3.8) is 0 Å². The molecule has 1 atom stereocenters. The van der Waals surface area contributed by atoms with Gasteiger partial charge in [0.05, 0.1) is 12.0 Å². The molecule has 1 heterocycles. The predicted octanol–water partition coefficient (Wildman–Crippen LogP) is 1.37. The van der Waals surface area contributed by atoms with Crippen molar-refractivity contribution >= 4 is 11.9 Å². The molecular weight excluding hydrogens is 220 g/mol. The van der Waals surface area contributed by atoms with Crippen LogP contribution in [-0.4, -0.2) is 28.0 Å². The Morgan fingerprint density at radius 2 is 2.18 bits per heavy atom. The van der Waals surface area contributed by atoms with Gasteiger partial charge in [-0.05, 0) is 25.5 Å². The van der Waals surface area contributed by atoms with E-state index in [1.807, 2.05) is 13.8 Å². The van der Waals surface area contributed by atoms with Crippen LogP contribution >= 0.6 is 0 Å². The molecular formula is C12H16N2O3. The molecule has 1 aromatic heterocycles. The van der Waals surface area contributed by atoms with E-state index < -0.39 is 5.97 Å². The number of carboxylic acids is 1. The lowest BCUT2D eigenvalue weighted by Gasteiger charge is -2.14. The molecule has 0 saturated carbocycles. The summed E-state index contributed by atoms with van der Waals surface area (Å²) in [5, 5.41) is 11.3. The van der Waals surface area contributed by atoms with Gasteiger partial charge in [0.25, 0.3) is 5.91 Å². The van der Waals surface area contributed by atoms with Gasteiger partial charge in [-0.1, -0.05) is 6.92 Å². The summed E-state index contributed by atoms with van der Waals surface area (Å²) in [5.74, 6) is -1.20. The van der Waals surface area contributed by atoms with Crippen LogP contribution in [0.3, 0.4) is 0 Å². The summed E-state index contributed by atoms with van der Waals surface area (Å²) in [6.45, 7) is 3.67. The van der Waals surface area contributed by atoms with E-state index >= 15 is 0 Å². The number of hydrogen-bond donors (Lipinski definition) is 2. The molecule has 0 aliphatic rings. The number of aryl methyl sites for hydroxylation is 1. The molecule has 92 valence electrons. The first-order valence-corrected chi connectivity index (χ1v) is 5.48. The third-order valence-corrected chi connectivity index (χ3v) is 2.42. The molecule has 1 aromatic rings. The van der Waals surface area contributed by atoms with Crippen molar-refractivity contribution in [3.8, 4) is 0 Å². The number of carbonyl (C=O) groups excluding carboxylic acids is 1. The van der Waals surface area contributed by atoms with Crippen LogP contribution in [-0.2, 0) is 4.79 Å². The predicted molar refractivity (Wildman–Crippen MR) is 62.8 cm³/mol. The summed E-state index contributed by atoms with van der Waals surface area (Å²) in [5.41, 5.74) is 1.28. The first-order chi connectivity index (χ1) is 8.02. The number of aliphatic carboxylic acids is 1. The summed E-state index contributed by atoms with van der Waals surface area (Å²) in [4.78, 5) is 26.3. The average Bonchev–Trinajstić information content (AvgIpc) is 2.28. The number of aromatic nitrogens is 1. The zero-order valence-electron chi connectivity index (χ0n) is 9.93. The average molecular weight is 236 g/mol. The maximum Gasteiger partial charge on any atom is 0.305 e. The summed E-state index contributed by atoms with van der Waals surface area (Å²) >= 11 is 0. The molecule has 0 aliphatic carbocycles. The normalized spacial score (nSPS) is 11.9. The highest BCUT2D eigenvalue weighted by Gasteiger charge is 2.15. The summed E-state index contributed by atoms with van der Waals surface area (Å²) < 4.78 is 0. The third-order valence-electron chi connectivity index (χ3n) is 2.42. The standard InChI is InChI=1S/C12H16N2O3/c1-3-10(6-11(15)16)14-12(17)9-5-4-8(2)13-7-9/h4-5,7,10H,3,6H2,1-2H3,(H,14,17)(H,15,16). The molecule has 5 heteroatoms. The fourth-order valence-electron chi connectivity index (χ4n) is 1.38. The van der Waals surface area contributed by atoms with E-state index in [9.17, 15) is 9.59 Å².